The SMILES string of the molecule is CNc1ccc([N+](=O)[O-])cc1-n1cc2c(=O)n(C)c(=O)n(C)c2c1. The molecule has 2 aromatic heterocycles. The van der Waals surface area contributed by atoms with Gasteiger partial charge in [-0.25, -0.2) is 4.79 Å². The van der Waals surface area contributed by atoms with Gasteiger partial charge in [0, 0.05) is 45.7 Å². The fourth-order valence-corrected chi connectivity index (χ4v) is 2.67. The molecule has 3 aromatic rings. The van der Waals surface area contributed by atoms with Gasteiger partial charge in [-0.05, 0) is 6.07 Å². The molecule has 0 radical (unpaired) electrons. The third-order valence-corrected chi connectivity index (χ3v) is 4.02. The fraction of sp³-hybridized carbons (Fsp3) is 0.200. The Morgan fingerprint density at radius 3 is 2.46 bits per heavy atom. The lowest BCUT2D eigenvalue weighted by Crippen LogP contribution is -2.36. The molecule has 1 N–H and O–H groups in total. The normalized spacial score (nSPS) is 11.0. The van der Waals surface area contributed by atoms with Gasteiger partial charge in [-0.15, -0.1) is 0 Å². The van der Waals surface area contributed by atoms with Crippen molar-refractivity contribution in [3.8, 4) is 5.69 Å². The van der Waals surface area contributed by atoms with Crippen molar-refractivity contribution in [1.29, 1.82) is 0 Å². The summed E-state index contributed by atoms with van der Waals surface area (Å²) in [6, 6.07) is 4.40. The molecule has 9 heteroatoms. The highest BCUT2D eigenvalue weighted by atomic mass is 16.6. The van der Waals surface area contributed by atoms with E-state index in [4.69, 9.17) is 0 Å². The highest BCUT2D eigenvalue weighted by Crippen LogP contribution is 2.27. The maximum atomic E-state index is 12.3. The summed E-state index contributed by atoms with van der Waals surface area (Å²) in [4.78, 5) is 34.9. The fourth-order valence-electron chi connectivity index (χ4n) is 2.67. The molecule has 2 heterocycles. The van der Waals surface area contributed by atoms with Crippen molar-refractivity contribution in [3.63, 3.8) is 0 Å². The molecular formula is C15H15N5O4. The topological polar surface area (TPSA) is 104 Å². The predicted octanol–water partition coefficient (Wildman–Crippen LogP) is 0.978. The van der Waals surface area contributed by atoms with Crippen LogP contribution in [0.1, 0.15) is 0 Å². The van der Waals surface area contributed by atoms with Crippen molar-refractivity contribution in [2.75, 3.05) is 12.4 Å². The molecule has 0 fully saturated rings. The summed E-state index contributed by atoms with van der Waals surface area (Å²) >= 11 is 0. The molecule has 0 aliphatic carbocycles. The van der Waals surface area contributed by atoms with Crippen molar-refractivity contribution in [1.82, 2.24) is 13.7 Å². The highest BCUT2D eigenvalue weighted by Gasteiger charge is 2.15. The van der Waals surface area contributed by atoms with Crippen LogP contribution in [0.3, 0.4) is 0 Å². The average Bonchev–Trinajstić information content (AvgIpc) is 3.02. The minimum Gasteiger partial charge on any atom is -0.386 e. The zero-order valence-electron chi connectivity index (χ0n) is 13.3. The van der Waals surface area contributed by atoms with Gasteiger partial charge in [0.1, 0.15) is 0 Å². The monoisotopic (exact) mass is 329 g/mol. The minimum atomic E-state index is -0.485. The Morgan fingerprint density at radius 1 is 1.12 bits per heavy atom. The summed E-state index contributed by atoms with van der Waals surface area (Å²) in [5.41, 5.74) is 0.710. The van der Waals surface area contributed by atoms with E-state index in [-0.39, 0.29) is 5.69 Å². The summed E-state index contributed by atoms with van der Waals surface area (Å²) in [5, 5.41) is 14.3. The lowest BCUT2D eigenvalue weighted by atomic mass is 10.2. The summed E-state index contributed by atoms with van der Waals surface area (Å²) in [6.07, 6.45) is 3.18. The van der Waals surface area contributed by atoms with Gasteiger partial charge in [0.05, 0.1) is 27.2 Å². The summed E-state index contributed by atoms with van der Waals surface area (Å²) < 4.78 is 3.99. The molecule has 1 aromatic carbocycles. The quantitative estimate of drug-likeness (QED) is 0.570. The van der Waals surface area contributed by atoms with E-state index in [1.165, 1.54) is 23.7 Å². The number of aryl methyl sites for hydroxylation is 1. The molecule has 0 saturated carbocycles. The van der Waals surface area contributed by atoms with Gasteiger partial charge in [-0.1, -0.05) is 0 Å². The van der Waals surface area contributed by atoms with Crippen LogP contribution in [0.5, 0.6) is 0 Å². The second kappa shape index (κ2) is 5.37. The Morgan fingerprint density at radius 2 is 1.83 bits per heavy atom. The third kappa shape index (κ3) is 2.18. The molecule has 3 rings (SSSR count). The molecule has 0 saturated heterocycles. The first kappa shape index (κ1) is 15.5. The van der Waals surface area contributed by atoms with E-state index < -0.39 is 16.2 Å². The van der Waals surface area contributed by atoms with Crippen LogP contribution in [0.25, 0.3) is 16.6 Å². The van der Waals surface area contributed by atoms with Crippen LogP contribution in [0.15, 0.2) is 40.2 Å². The number of aromatic nitrogens is 3. The molecule has 24 heavy (non-hydrogen) atoms. The largest absolute Gasteiger partial charge is 0.386 e. The zero-order chi connectivity index (χ0) is 17.6. The first-order valence-electron chi connectivity index (χ1n) is 7.09. The van der Waals surface area contributed by atoms with Gasteiger partial charge in [-0.3, -0.25) is 24.0 Å². The number of fused-ring (bicyclic) bond motifs is 1. The number of nitrogens with zero attached hydrogens (tertiary/aromatic N) is 4. The summed E-state index contributed by atoms with van der Waals surface area (Å²) in [7, 11) is 4.68. The van der Waals surface area contributed by atoms with Crippen LogP contribution < -0.4 is 16.6 Å². The van der Waals surface area contributed by atoms with Gasteiger partial charge in [0.25, 0.3) is 11.2 Å². The molecule has 0 aliphatic heterocycles. The van der Waals surface area contributed by atoms with Gasteiger partial charge in [0.2, 0.25) is 0 Å². The number of rotatable bonds is 3. The molecule has 9 nitrogen and oxygen atoms in total. The Hall–Kier alpha value is -3.36. The van der Waals surface area contributed by atoms with Gasteiger partial charge < -0.3 is 9.88 Å². The van der Waals surface area contributed by atoms with E-state index in [0.717, 1.165) is 4.57 Å². The first-order chi connectivity index (χ1) is 11.3. The maximum absolute atomic E-state index is 12.3. The van der Waals surface area contributed by atoms with E-state index in [1.54, 1.807) is 37.1 Å². The van der Waals surface area contributed by atoms with E-state index in [1.807, 2.05) is 0 Å². The number of hydrogen-bond acceptors (Lipinski definition) is 5. The van der Waals surface area contributed by atoms with Crippen LogP contribution in [-0.2, 0) is 14.1 Å². The molecule has 0 bridgehead atoms. The number of non-ortho nitro benzene ring substituents is 1. The second-order valence-corrected chi connectivity index (χ2v) is 5.38. The molecule has 0 unspecified atom stereocenters. The van der Waals surface area contributed by atoms with E-state index in [9.17, 15) is 19.7 Å². The van der Waals surface area contributed by atoms with E-state index in [0.29, 0.717) is 22.3 Å². The summed E-state index contributed by atoms with van der Waals surface area (Å²) in [5.74, 6) is 0. The molecule has 0 spiro atoms. The minimum absolute atomic E-state index is 0.0662. The first-order valence-corrected chi connectivity index (χ1v) is 7.09. The number of nitrogens with one attached hydrogen (secondary N) is 1. The van der Waals surface area contributed by atoms with Gasteiger partial charge in [-0.2, -0.15) is 0 Å². The Bertz CT molecular complexity index is 1090. The molecular weight excluding hydrogens is 314 g/mol. The summed E-state index contributed by atoms with van der Waals surface area (Å²) in [6.45, 7) is 0. The van der Waals surface area contributed by atoms with Crippen LogP contribution in [0.2, 0.25) is 0 Å². The highest BCUT2D eigenvalue weighted by molar-refractivity contribution is 5.80. The van der Waals surface area contributed by atoms with Crippen molar-refractivity contribution in [2.45, 2.75) is 0 Å². The molecule has 124 valence electrons. The average molecular weight is 329 g/mol. The number of hydrogen-bond donors (Lipinski definition) is 1. The van der Waals surface area contributed by atoms with E-state index in [2.05, 4.69) is 5.32 Å². The van der Waals surface area contributed by atoms with Crippen LogP contribution >= 0.6 is 0 Å². The standard InChI is InChI=1S/C15H15N5O4/c1-16-11-5-4-9(20(23)24)6-12(11)19-7-10-13(8-19)17(2)15(22)18(3)14(10)21/h4-8,16H,1-3H3. The Kier molecular flexibility index (Phi) is 3.48. The number of nitro groups is 1. The predicted molar refractivity (Wildman–Crippen MR) is 90.0 cm³/mol. The number of benzene rings is 1. The van der Waals surface area contributed by atoms with Crippen molar-refractivity contribution in [3.05, 3.63) is 61.5 Å². The lowest BCUT2D eigenvalue weighted by molar-refractivity contribution is -0.384. The van der Waals surface area contributed by atoms with Crippen molar-refractivity contribution < 1.29 is 4.92 Å². The smallest absolute Gasteiger partial charge is 0.330 e. The van der Waals surface area contributed by atoms with Crippen LogP contribution in [0.4, 0.5) is 11.4 Å². The van der Waals surface area contributed by atoms with Crippen LogP contribution in [-0.4, -0.2) is 25.7 Å². The molecule has 0 atom stereocenters. The van der Waals surface area contributed by atoms with Crippen molar-refractivity contribution in [2.24, 2.45) is 14.1 Å². The lowest BCUT2D eigenvalue weighted by Gasteiger charge is -2.09. The van der Waals surface area contributed by atoms with Gasteiger partial charge >= 0.3 is 5.69 Å². The van der Waals surface area contributed by atoms with Crippen molar-refractivity contribution >= 4 is 22.3 Å². The second-order valence-electron chi connectivity index (χ2n) is 5.38. The Balaban J connectivity index is 2.36. The zero-order valence-corrected chi connectivity index (χ0v) is 13.3. The number of anilines is 1. The molecule has 0 aliphatic rings. The van der Waals surface area contributed by atoms with E-state index >= 15 is 0 Å². The molecule has 0 amide bonds. The number of nitro benzene ring substituents is 1. The van der Waals surface area contributed by atoms with Gasteiger partial charge in [0.15, 0.2) is 0 Å². The maximum Gasteiger partial charge on any atom is 0.330 e. The van der Waals surface area contributed by atoms with Crippen LogP contribution in [0, 0.1) is 10.1 Å². The Labute approximate surface area is 135 Å². The third-order valence-electron chi connectivity index (χ3n) is 4.02.